The summed E-state index contributed by atoms with van der Waals surface area (Å²) < 4.78 is 19.1. The Kier molecular flexibility index (Phi) is 5.68. The summed E-state index contributed by atoms with van der Waals surface area (Å²) in [5.74, 6) is 5.56. The lowest BCUT2D eigenvalue weighted by atomic mass is 10.1. The summed E-state index contributed by atoms with van der Waals surface area (Å²) in [6, 6.07) is 12.2. The zero-order valence-electron chi connectivity index (χ0n) is 11.6. The molecule has 0 unspecified atom stereocenters. The van der Waals surface area contributed by atoms with Crippen LogP contribution in [0.25, 0.3) is 0 Å². The minimum absolute atomic E-state index is 0.246. The minimum Gasteiger partial charge on any atom is -0.489 e. The highest BCUT2D eigenvalue weighted by atomic mass is 32.2. The number of halogens is 1. The van der Waals surface area contributed by atoms with Gasteiger partial charge in [-0.25, -0.2) is 4.39 Å². The maximum Gasteiger partial charge on any atom is 0.124 e. The van der Waals surface area contributed by atoms with Gasteiger partial charge in [0, 0.05) is 10.5 Å². The molecule has 2 rings (SSSR count). The second-order valence-corrected chi connectivity index (χ2v) is 5.15. The summed E-state index contributed by atoms with van der Waals surface area (Å²) in [6.45, 7) is 0.0221. The van der Waals surface area contributed by atoms with E-state index in [1.165, 1.54) is 12.1 Å². The van der Waals surface area contributed by atoms with Crippen LogP contribution in [0.2, 0.25) is 0 Å². The average molecular weight is 302 g/mol. The van der Waals surface area contributed by atoms with E-state index in [1.807, 2.05) is 30.5 Å². The fourth-order valence-electron chi connectivity index (χ4n) is 1.79. The molecule has 0 aliphatic carbocycles. The molecule has 0 saturated heterocycles. The highest BCUT2D eigenvalue weighted by Gasteiger charge is 2.01. The molecule has 1 N–H and O–H groups in total. The third-order valence-electron chi connectivity index (χ3n) is 2.73. The quantitative estimate of drug-likeness (QED) is 0.693. The Morgan fingerprint density at radius 3 is 2.62 bits per heavy atom. The SMILES string of the molecule is CSc1ccc(OCc2cc(F)cc(C#CCO)c2)cc1. The fourth-order valence-corrected chi connectivity index (χ4v) is 2.19. The average Bonchev–Trinajstić information content (AvgIpc) is 2.51. The molecule has 0 aromatic heterocycles. The Morgan fingerprint density at radius 1 is 1.19 bits per heavy atom. The number of thioether (sulfide) groups is 1. The summed E-state index contributed by atoms with van der Waals surface area (Å²) in [6.07, 6.45) is 2.01. The minimum atomic E-state index is -0.365. The van der Waals surface area contributed by atoms with Gasteiger partial charge in [0.1, 0.15) is 24.8 Å². The maximum absolute atomic E-state index is 13.5. The largest absolute Gasteiger partial charge is 0.489 e. The normalized spacial score (nSPS) is 9.86. The van der Waals surface area contributed by atoms with Gasteiger partial charge >= 0.3 is 0 Å². The number of rotatable bonds is 4. The molecule has 2 aromatic rings. The molecular formula is C17H15FO2S. The summed E-state index contributed by atoms with van der Waals surface area (Å²) in [5.41, 5.74) is 1.23. The van der Waals surface area contributed by atoms with Crippen LogP contribution >= 0.6 is 11.8 Å². The van der Waals surface area contributed by atoms with Crippen LogP contribution in [0.15, 0.2) is 47.4 Å². The van der Waals surface area contributed by atoms with E-state index in [4.69, 9.17) is 9.84 Å². The van der Waals surface area contributed by atoms with Crippen LogP contribution in [0, 0.1) is 17.7 Å². The van der Waals surface area contributed by atoms with E-state index in [0.29, 0.717) is 11.1 Å². The molecule has 0 atom stereocenters. The molecule has 0 saturated carbocycles. The van der Waals surface area contributed by atoms with Gasteiger partial charge in [-0.1, -0.05) is 11.8 Å². The number of aliphatic hydroxyl groups is 1. The van der Waals surface area contributed by atoms with Crippen LogP contribution in [0.1, 0.15) is 11.1 Å². The summed E-state index contributed by atoms with van der Waals surface area (Å²) in [5, 5.41) is 8.67. The number of ether oxygens (including phenoxy) is 1. The summed E-state index contributed by atoms with van der Waals surface area (Å²) in [4.78, 5) is 1.16. The van der Waals surface area contributed by atoms with Gasteiger partial charge in [-0.15, -0.1) is 11.8 Å². The number of hydrogen-bond donors (Lipinski definition) is 1. The lowest BCUT2D eigenvalue weighted by Crippen LogP contribution is -1.97. The molecule has 21 heavy (non-hydrogen) atoms. The molecule has 0 bridgehead atoms. The van der Waals surface area contributed by atoms with Crippen LogP contribution in [0.5, 0.6) is 5.75 Å². The van der Waals surface area contributed by atoms with Gasteiger partial charge in [-0.05, 0) is 54.3 Å². The maximum atomic E-state index is 13.5. The number of aliphatic hydroxyl groups excluding tert-OH is 1. The van der Waals surface area contributed by atoms with Crippen molar-refractivity contribution in [2.75, 3.05) is 12.9 Å². The van der Waals surface area contributed by atoms with Gasteiger partial charge in [0.05, 0.1) is 0 Å². The van der Waals surface area contributed by atoms with Crippen LogP contribution in [-0.4, -0.2) is 18.0 Å². The molecule has 0 heterocycles. The molecule has 0 aliphatic heterocycles. The predicted octanol–water partition coefficient (Wildman–Crippen LogP) is 3.47. The Hall–Kier alpha value is -1.96. The Labute approximate surface area is 128 Å². The first-order chi connectivity index (χ1) is 10.2. The first-order valence-electron chi connectivity index (χ1n) is 6.37. The Morgan fingerprint density at radius 2 is 1.95 bits per heavy atom. The van der Waals surface area contributed by atoms with Gasteiger partial charge < -0.3 is 9.84 Å². The van der Waals surface area contributed by atoms with Crippen molar-refractivity contribution < 1.29 is 14.2 Å². The smallest absolute Gasteiger partial charge is 0.124 e. The zero-order valence-corrected chi connectivity index (χ0v) is 12.4. The molecule has 0 fully saturated rings. The van der Waals surface area contributed by atoms with E-state index in [0.717, 1.165) is 10.6 Å². The second-order valence-electron chi connectivity index (χ2n) is 4.27. The van der Waals surface area contributed by atoms with Crippen molar-refractivity contribution in [1.82, 2.24) is 0 Å². The van der Waals surface area contributed by atoms with Crippen LogP contribution in [-0.2, 0) is 6.61 Å². The van der Waals surface area contributed by atoms with Gasteiger partial charge in [0.15, 0.2) is 0 Å². The van der Waals surface area contributed by atoms with E-state index in [-0.39, 0.29) is 19.0 Å². The second kappa shape index (κ2) is 7.72. The standard InChI is InChI=1S/C17H15FO2S/c1-21-17-6-4-16(5-7-17)20-12-14-9-13(3-2-8-19)10-15(18)11-14/h4-7,9-11,19H,8,12H2,1H3. The molecule has 0 amide bonds. The highest BCUT2D eigenvalue weighted by Crippen LogP contribution is 2.20. The number of benzene rings is 2. The predicted molar refractivity (Wildman–Crippen MR) is 82.9 cm³/mol. The zero-order chi connectivity index (χ0) is 15.1. The number of hydrogen-bond acceptors (Lipinski definition) is 3. The van der Waals surface area contributed by atoms with Crippen molar-refractivity contribution in [1.29, 1.82) is 0 Å². The van der Waals surface area contributed by atoms with E-state index in [2.05, 4.69) is 11.8 Å². The first-order valence-corrected chi connectivity index (χ1v) is 7.60. The van der Waals surface area contributed by atoms with Gasteiger partial charge in [0.25, 0.3) is 0 Å². The van der Waals surface area contributed by atoms with Crippen molar-refractivity contribution in [3.8, 4) is 17.6 Å². The Bertz CT molecular complexity index is 657. The van der Waals surface area contributed by atoms with Crippen molar-refractivity contribution in [3.63, 3.8) is 0 Å². The van der Waals surface area contributed by atoms with E-state index < -0.39 is 0 Å². The molecule has 2 nitrogen and oxygen atoms in total. The van der Waals surface area contributed by atoms with E-state index in [1.54, 1.807) is 17.8 Å². The van der Waals surface area contributed by atoms with Crippen LogP contribution in [0.3, 0.4) is 0 Å². The topological polar surface area (TPSA) is 29.5 Å². The molecule has 0 aliphatic rings. The molecule has 0 spiro atoms. The van der Waals surface area contributed by atoms with Crippen molar-refractivity contribution >= 4 is 11.8 Å². The fraction of sp³-hybridized carbons (Fsp3) is 0.176. The third kappa shape index (κ3) is 4.82. The van der Waals surface area contributed by atoms with Gasteiger partial charge in [-0.3, -0.25) is 0 Å². The first kappa shape index (κ1) is 15.4. The summed E-state index contributed by atoms with van der Waals surface area (Å²) >= 11 is 1.66. The molecule has 2 aromatic carbocycles. The van der Waals surface area contributed by atoms with Crippen LogP contribution in [0.4, 0.5) is 4.39 Å². The van der Waals surface area contributed by atoms with Crippen LogP contribution < -0.4 is 4.74 Å². The van der Waals surface area contributed by atoms with E-state index >= 15 is 0 Å². The van der Waals surface area contributed by atoms with E-state index in [9.17, 15) is 4.39 Å². The lowest BCUT2D eigenvalue weighted by molar-refractivity contribution is 0.305. The molecule has 0 radical (unpaired) electrons. The molecule has 108 valence electrons. The lowest BCUT2D eigenvalue weighted by Gasteiger charge is -2.07. The highest BCUT2D eigenvalue weighted by molar-refractivity contribution is 7.98. The van der Waals surface area contributed by atoms with Gasteiger partial charge in [-0.2, -0.15) is 0 Å². The molecular weight excluding hydrogens is 287 g/mol. The van der Waals surface area contributed by atoms with Crippen molar-refractivity contribution in [3.05, 3.63) is 59.4 Å². The van der Waals surface area contributed by atoms with Crippen molar-refractivity contribution in [2.24, 2.45) is 0 Å². The Balaban J connectivity index is 2.06. The monoisotopic (exact) mass is 302 g/mol. The van der Waals surface area contributed by atoms with Crippen molar-refractivity contribution in [2.45, 2.75) is 11.5 Å². The van der Waals surface area contributed by atoms with Gasteiger partial charge in [0.2, 0.25) is 0 Å². The molecule has 4 heteroatoms. The summed E-state index contributed by atoms with van der Waals surface area (Å²) in [7, 11) is 0. The third-order valence-corrected chi connectivity index (χ3v) is 3.48.